The molecule has 0 aliphatic carbocycles. The first-order valence-electron chi connectivity index (χ1n) is 5.97. The summed E-state index contributed by atoms with van der Waals surface area (Å²) in [6.07, 6.45) is 0. The SMILES string of the molecule is NC1=NC(N)(c2ccc(F)cc2F)Nc2ccccc21. The van der Waals surface area contributed by atoms with Crippen molar-refractivity contribution >= 4 is 11.5 Å². The van der Waals surface area contributed by atoms with E-state index in [1.807, 2.05) is 6.07 Å². The van der Waals surface area contributed by atoms with E-state index in [9.17, 15) is 8.78 Å². The van der Waals surface area contributed by atoms with E-state index >= 15 is 0 Å². The number of nitrogens with zero attached hydrogens (tertiary/aromatic N) is 1. The van der Waals surface area contributed by atoms with Crippen LogP contribution in [-0.2, 0) is 5.79 Å². The molecule has 0 radical (unpaired) electrons. The molecule has 2 aromatic carbocycles. The minimum absolute atomic E-state index is 0.0244. The fourth-order valence-corrected chi connectivity index (χ4v) is 2.23. The molecule has 0 amide bonds. The Bertz CT molecular complexity index is 714. The summed E-state index contributed by atoms with van der Waals surface area (Å²) in [4.78, 5) is 4.11. The molecule has 0 saturated heterocycles. The molecule has 5 N–H and O–H groups in total. The van der Waals surface area contributed by atoms with Crippen LogP contribution >= 0.6 is 0 Å². The number of nitrogens with one attached hydrogen (secondary N) is 1. The van der Waals surface area contributed by atoms with Gasteiger partial charge in [0.25, 0.3) is 0 Å². The summed E-state index contributed by atoms with van der Waals surface area (Å²) in [6, 6.07) is 10.3. The monoisotopic (exact) mass is 274 g/mol. The van der Waals surface area contributed by atoms with E-state index in [-0.39, 0.29) is 11.4 Å². The van der Waals surface area contributed by atoms with Crippen LogP contribution in [0.15, 0.2) is 47.5 Å². The van der Waals surface area contributed by atoms with E-state index in [2.05, 4.69) is 10.3 Å². The van der Waals surface area contributed by atoms with Crippen molar-refractivity contribution in [3.63, 3.8) is 0 Å². The fourth-order valence-electron chi connectivity index (χ4n) is 2.23. The van der Waals surface area contributed by atoms with Crippen LogP contribution in [0.3, 0.4) is 0 Å². The topological polar surface area (TPSA) is 76.4 Å². The third kappa shape index (κ3) is 1.90. The van der Waals surface area contributed by atoms with Crippen LogP contribution in [0.2, 0.25) is 0 Å². The van der Waals surface area contributed by atoms with Gasteiger partial charge in [-0.2, -0.15) is 0 Å². The molecule has 0 spiro atoms. The number of aliphatic imine (C=N–C) groups is 1. The smallest absolute Gasteiger partial charge is 0.214 e. The Morgan fingerprint density at radius 3 is 2.60 bits per heavy atom. The molecule has 20 heavy (non-hydrogen) atoms. The Labute approximate surface area is 114 Å². The number of nitrogens with two attached hydrogens (primary N) is 2. The summed E-state index contributed by atoms with van der Waals surface area (Å²) >= 11 is 0. The van der Waals surface area contributed by atoms with Crippen LogP contribution in [-0.4, -0.2) is 5.84 Å². The molecule has 1 unspecified atom stereocenters. The first kappa shape index (κ1) is 12.6. The van der Waals surface area contributed by atoms with Crippen molar-refractivity contribution < 1.29 is 8.78 Å². The van der Waals surface area contributed by atoms with Crippen molar-refractivity contribution in [2.24, 2.45) is 16.5 Å². The molecule has 1 aliphatic heterocycles. The van der Waals surface area contributed by atoms with Crippen LogP contribution in [0.1, 0.15) is 11.1 Å². The van der Waals surface area contributed by atoms with E-state index in [4.69, 9.17) is 11.5 Å². The van der Waals surface area contributed by atoms with Crippen molar-refractivity contribution in [1.29, 1.82) is 0 Å². The zero-order valence-electron chi connectivity index (χ0n) is 10.4. The second kappa shape index (κ2) is 4.28. The molecule has 3 rings (SSSR count). The molecule has 0 aromatic heterocycles. The molecule has 1 heterocycles. The van der Waals surface area contributed by atoms with Crippen LogP contribution in [0.5, 0.6) is 0 Å². The van der Waals surface area contributed by atoms with E-state index in [0.29, 0.717) is 11.3 Å². The fraction of sp³-hybridized carbons (Fsp3) is 0.0714. The minimum Gasteiger partial charge on any atom is -0.383 e. The summed E-state index contributed by atoms with van der Waals surface area (Å²) < 4.78 is 26.9. The number of hydrogen-bond acceptors (Lipinski definition) is 4. The van der Waals surface area contributed by atoms with E-state index in [0.717, 1.165) is 12.1 Å². The maximum absolute atomic E-state index is 13.9. The van der Waals surface area contributed by atoms with Crippen molar-refractivity contribution in [3.8, 4) is 0 Å². The van der Waals surface area contributed by atoms with Gasteiger partial charge in [0.15, 0.2) is 0 Å². The van der Waals surface area contributed by atoms with Crippen LogP contribution in [0.25, 0.3) is 0 Å². The highest BCUT2D eigenvalue weighted by atomic mass is 19.1. The van der Waals surface area contributed by atoms with Crippen molar-refractivity contribution in [2.75, 3.05) is 5.32 Å². The molecule has 1 aliphatic rings. The van der Waals surface area contributed by atoms with Gasteiger partial charge in [0.1, 0.15) is 17.5 Å². The molecule has 0 saturated carbocycles. The zero-order chi connectivity index (χ0) is 14.3. The molecule has 2 aromatic rings. The number of fused-ring (bicyclic) bond motifs is 1. The molecule has 0 bridgehead atoms. The minimum atomic E-state index is -1.56. The Balaban J connectivity index is 2.13. The Morgan fingerprint density at radius 1 is 1.10 bits per heavy atom. The van der Waals surface area contributed by atoms with Gasteiger partial charge in [0.2, 0.25) is 5.79 Å². The van der Waals surface area contributed by atoms with Crippen molar-refractivity contribution in [3.05, 3.63) is 65.2 Å². The van der Waals surface area contributed by atoms with E-state index < -0.39 is 17.4 Å². The number of hydrogen-bond donors (Lipinski definition) is 3. The van der Waals surface area contributed by atoms with E-state index in [1.54, 1.807) is 18.2 Å². The summed E-state index contributed by atoms with van der Waals surface area (Å²) in [5.41, 5.74) is 13.3. The Kier molecular flexibility index (Phi) is 2.69. The number of para-hydroxylation sites is 1. The number of benzene rings is 2. The summed E-state index contributed by atoms with van der Waals surface area (Å²) in [6.45, 7) is 0. The second-order valence-electron chi connectivity index (χ2n) is 4.56. The van der Waals surface area contributed by atoms with Gasteiger partial charge in [-0.05, 0) is 24.3 Å². The van der Waals surface area contributed by atoms with Crippen molar-refractivity contribution in [2.45, 2.75) is 5.79 Å². The largest absolute Gasteiger partial charge is 0.383 e. The van der Waals surface area contributed by atoms with Gasteiger partial charge in [-0.1, -0.05) is 12.1 Å². The summed E-state index contributed by atoms with van der Waals surface area (Å²) in [7, 11) is 0. The highest BCUT2D eigenvalue weighted by molar-refractivity contribution is 6.04. The maximum atomic E-state index is 13.9. The van der Waals surface area contributed by atoms with Gasteiger partial charge in [-0.25, -0.2) is 13.8 Å². The lowest BCUT2D eigenvalue weighted by atomic mass is 10.0. The third-order valence-electron chi connectivity index (χ3n) is 3.17. The molecular formula is C14H12F2N4. The van der Waals surface area contributed by atoms with Gasteiger partial charge in [0, 0.05) is 17.3 Å². The lowest BCUT2D eigenvalue weighted by Crippen LogP contribution is -2.48. The lowest BCUT2D eigenvalue weighted by Gasteiger charge is -2.33. The summed E-state index contributed by atoms with van der Waals surface area (Å²) in [5.74, 6) is -2.82. The van der Waals surface area contributed by atoms with Gasteiger partial charge >= 0.3 is 0 Å². The highest BCUT2D eigenvalue weighted by Crippen LogP contribution is 2.31. The number of halogens is 2. The van der Waals surface area contributed by atoms with Gasteiger partial charge in [-0.3, -0.25) is 5.73 Å². The predicted octanol–water partition coefficient (Wildman–Crippen LogP) is 1.86. The first-order chi connectivity index (χ1) is 9.49. The zero-order valence-corrected chi connectivity index (χ0v) is 10.4. The number of amidine groups is 1. The predicted molar refractivity (Wildman–Crippen MR) is 73.0 cm³/mol. The summed E-state index contributed by atoms with van der Waals surface area (Å²) in [5, 5.41) is 2.93. The number of rotatable bonds is 1. The Morgan fingerprint density at radius 2 is 1.85 bits per heavy atom. The lowest BCUT2D eigenvalue weighted by molar-refractivity contribution is 0.484. The molecule has 0 fully saturated rings. The average molecular weight is 274 g/mol. The molecule has 102 valence electrons. The number of anilines is 1. The van der Waals surface area contributed by atoms with Crippen LogP contribution in [0.4, 0.5) is 14.5 Å². The molecule has 6 heteroatoms. The standard InChI is InChI=1S/C14H12F2N4/c15-8-5-6-10(11(16)7-8)14(18)19-12-4-2-1-3-9(12)13(17)20-14/h1-7,19H,18H2,(H2,17,20). The Hall–Kier alpha value is -2.47. The maximum Gasteiger partial charge on any atom is 0.214 e. The van der Waals surface area contributed by atoms with Crippen LogP contribution in [0, 0.1) is 11.6 Å². The second-order valence-corrected chi connectivity index (χ2v) is 4.56. The first-order valence-corrected chi connectivity index (χ1v) is 5.97. The highest BCUT2D eigenvalue weighted by Gasteiger charge is 2.34. The van der Waals surface area contributed by atoms with Gasteiger partial charge in [-0.15, -0.1) is 0 Å². The van der Waals surface area contributed by atoms with Gasteiger partial charge < -0.3 is 11.1 Å². The van der Waals surface area contributed by atoms with Gasteiger partial charge in [0.05, 0.1) is 5.56 Å². The van der Waals surface area contributed by atoms with E-state index in [1.165, 1.54) is 6.07 Å². The molecule has 4 nitrogen and oxygen atoms in total. The normalized spacial score (nSPS) is 20.9. The van der Waals surface area contributed by atoms with Crippen LogP contribution < -0.4 is 16.8 Å². The molecule has 1 atom stereocenters. The molecular weight excluding hydrogens is 262 g/mol. The van der Waals surface area contributed by atoms with Crippen molar-refractivity contribution in [1.82, 2.24) is 0 Å². The quantitative estimate of drug-likeness (QED) is 0.743. The third-order valence-corrected chi connectivity index (χ3v) is 3.17. The average Bonchev–Trinajstić information content (AvgIpc) is 2.38.